The fourth-order valence-corrected chi connectivity index (χ4v) is 2.13. The number of carbonyl (C=O) groups excluding carboxylic acids is 1. The Labute approximate surface area is 86.7 Å². The summed E-state index contributed by atoms with van der Waals surface area (Å²) >= 11 is 0. The number of aliphatic hydroxyl groups is 1. The van der Waals surface area contributed by atoms with E-state index in [0.717, 1.165) is 25.7 Å². The molecule has 0 aromatic rings. The van der Waals surface area contributed by atoms with Crippen molar-refractivity contribution in [2.75, 3.05) is 0 Å². The van der Waals surface area contributed by atoms with Gasteiger partial charge in [0.05, 0.1) is 0 Å². The molecular formula is C12H22O2. The zero-order valence-corrected chi connectivity index (χ0v) is 9.76. The monoisotopic (exact) mass is 198 g/mol. The molecule has 0 bridgehead atoms. The number of hydrogen-bond acceptors (Lipinski definition) is 2. The minimum Gasteiger partial charge on any atom is -0.385 e. The van der Waals surface area contributed by atoms with Crippen LogP contribution in [0.25, 0.3) is 0 Å². The average molecular weight is 198 g/mol. The molecule has 2 nitrogen and oxygen atoms in total. The molecule has 0 aromatic carbocycles. The van der Waals surface area contributed by atoms with Crippen molar-refractivity contribution in [1.29, 1.82) is 0 Å². The topological polar surface area (TPSA) is 37.3 Å². The second kappa shape index (κ2) is 3.65. The van der Waals surface area contributed by atoms with Crippen LogP contribution in [0.5, 0.6) is 0 Å². The van der Waals surface area contributed by atoms with Crippen molar-refractivity contribution in [3.63, 3.8) is 0 Å². The van der Waals surface area contributed by atoms with Gasteiger partial charge in [-0.3, -0.25) is 4.79 Å². The molecular weight excluding hydrogens is 176 g/mol. The molecule has 1 aliphatic carbocycles. The first-order valence-corrected chi connectivity index (χ1v) is 5.50. The molecule has 1 atom stereocenters. The Balaban J connectivity index is 2.90. The highest BCUT2D eigenvalue weighted by Gasteiger charge is 2.41. The maximum atomic E-state index is 12.0. The van der Waals surface area contributed by atoms with Crippen LogP contribution in [0.1, 0.15) is 53.4 Å². The molecule has 0 aliphatic heterocycles. The van der Waals surface area contributed by atoms with Crippen molar-refractivity contribution in [2.45, 2.75) is 59.5 Å². The average Bonchev–Trinajstić information content (AvgIpc) is 2.09. The van der Waals surface area contributed by atoms with Gasteiger partial charge in [-0.05, 0) is 18.3 Å². The Morgan fingerprint density at radius 3 is 2.21 bits per heavy atom. The van der Waals surface area contributed by atoms with E-state index in [9.17, 15) is 9.90 Å². The van der Waals surface area contributed by atoms with Gasteiger partial charge in [0.1, 0.15) is 6.10 Å². The number of Topliss-reactive ketones (excluding diaryl/α,β-unsaturated/α-hetero) is 1. The molecule has 1 fully saturated rings. The van der Waals surface area contributed by atoms with Crippen LogP contribution in [0, 0.1) is 10.8 Å². The molecule has 0 saturated heterocycles. The van der Waals surface area contributed by atoms with E-state index in [2.05, 4.69) is 0 Å². The van der Waals surface area contributed by atoms with Gasteiger partial charge in [-0.15, -0.1) is 0 Å². The van der Waals surface area contributed by atoms with E-state index in [-0.39, 0.29) is 16.6 Å². The molecule has 0 radical (unpaired) electrons. The molecule has 0 amide bonds. The smallest absolute Gasteiger partial charge is 0.167 e. The first-order chi connectivity index (χ1) is 6.27. The quantitative estimate of drug-likeness (QED) is 0.649. The van der Waals surface area contributed by atoms with Gasteiger partial charge < -0.3 is 5.11 Å². The fraction of sp³-hybridized carbons (Fsp3) is 0.917. The van der Waals surface area contributed by atoms with Gasteiger partial charge in [-0.1, -0.05) is 40.5 Å². The Morgan fingerprint density at radius 1 is 1.14 bits per heavy atom. The number of aliphatic hydroxyl groups excluding tert-OH is 1. The van der Waals surface area contributed by atoms with Crippen LogP contribution in [-0.2, 0) is 4.79 Å². The fourth-order valence-electron chi connectivity index (χ4n) is 2.13. The third kappa shape index (κ3) is 2.17. The maximum Gasteiger partial charge on any atom is 0.167 e. The standard InChI is InChI=1S/C12H22O2/c1-11(2)7-5-6-8-12(3,4)10(14)9(11)13/h9,13H,5-8H2,1-4H3. The van der Waals surface area contributed by atoms with Crippen LogP contribution in [0.15, 0.2) is 0 Å². The van der Waals surface area contributed by atoms with Crippen LogP contribution in [0.2, 0.25) is 0 Å². The van der Waals surface area contributed by atoms with Crippen molar-refractivity contribution < 1.29 is 9.90 Å². The van der Waals surface area contributed by atoms with Gasteiger partial charge in [-0.2, -0.15) is 0 Å². The summed E-state index contributed by atoms with van der Waals surface area (Å²) in [6, 6.07) is 0. The second-order valence-corrected chi connectivity index (χ2v) is 5.85. The second-order valence-electron chi connectivity index (χ2n) is 5.85. The molecule has 82 valence electrons. The van der Waals surface area contributed by atoms with Gasteiger partial charge in [0.25, 0.3) is 0 Å². The number of ketones is 1. The summed E-state index contributed by atoms with van der Waals surface area (Å²) in [6.45, 7) is 7.86. The number of rotatable bonds is 0. The molecule has 14 heavy (non-hydrogen) atoms. The lowest BCUT2D eigenvalue weighted by molar-refractivity contribution is -0.143. The summed E-state index contributed by atoms with van der Waals surface area (Å²) in [5, 5.41) is 10.00. The lowest BCUT2D eigenvalue weighted by atomic mass is 9.69. The first-order valence-electron chi connectivity index (χ1n) is 5.50. The van der Waals surface area contributed by atoms with E-state index in [4.69, 9.17) is 0 Å². The lowest BCUT2D eigenvalue weighted by Crippen LogP contribution is -2.44. The van der Waals surface area contributed by atoms with Crippen LogP contribution in [-0.4, -0.2) is 17.0 Å². The molecule has 2 heteroatoms. The molecule has 1 aliphatic rings. The Hall–Kier alpha value is -0.370. The van der Waals surface area contributed by atoms with E-state index in [0.29, 0.717) is 0 Å². The van der Waals surface area contributed by atoms with Gasteiger partial charge >= 0.3 is 0 Å². The van der Waals surface area contributed by atoms with E-state index >= 15 is 0 Å². The molecule has 0 aromatic heterocycles. The normalized spacial score (nSPS) is 32.1. The molecule has 1 saturated carbocycles. The predicted octanol–water partition coefficient (Wildman–Crippen LogP) is 2.54. The largest absolute Gasteiger partial charge is 0.385 e. The lowest BCUT2D eigenvalue weighted by Gasteiger charge is -2.37. The third-order valence-electron chi connectivity index (χ3n) is 3.53. The molecule has 1 rings (SSSR count). The minimum atomic E-state index is -0.794. The first kappa shape index (κ1) is 11.7. The van der Waals surface area contributed by atoms with Crippen LogP contribution >= 0.6 is 0 Å². The maximum absolute atomic E-state index is 12.0. The summed E-state index contributed by atoms with van der Waals surface area (Å²) < 4.78 is 0. The van der Waals surface area contributed by atoms with E-state index in [1.165, 1.54) is 0 Å². The summed E-state index contributed by atoms with van der Waals surface area (Å²) in [5.74, 6) is 0.0159. The Morgan fingerprint density at radius 2 is 1.64 bits per heavy atom. The summed E-state index contributed by atoms with van der Waals surface area (Å²) in [5.41, 5.74) is -0.605. The molecule has 0 heterocycles. The predicted molar refractivity (Wildman–Crippen MR) is 57.0 cm³/mol. The van der Waals surface area contributed by atoms with Gasteiger partial charge in [-0.25, -0.2) is 0 Å². The zero-order valence-electron chi connectivity index (χ0n) is 9.76. The highest BCUT2D eigenvalue weighted by molar-refractivity contribution is 5.88. The Kier molecular flexibility index (Phi) is 3.05. The van der Waals surface area contributed by atoms with E-state index in [1.54, 1.807) is 0 Å². The number of hydrogen-bond donors (Lipinski definition) is 1. The number of carbonyl (C=O) groups is 1. The van der Waals surface area contributed by atoms with Crippen LogP contribution in [0.4, 0.5) is 0 Å². The van der Waals surface area contributed by atoms with E-state index in [1.807, 2.05) is 27.7 Å². The van der Waals surface area contributed by atoms with Crippen molar-refractivity contribution in [1.82, 2.24) is 0 Å². The van der Waals surface area contributed by atoms with Crippen LogP contribution < -0.4 is 0 Å². The third-order valence-corrected chi connectivity index (χ3v) is 3.53. The Bertz CT molecular complexity index is 228. The van der Waals surface area contributed by atoms with Crippen LogP contribution in [0.3, 0.4) is 0 Å². The van der Waals surface area contributed by atoms with E-state index < -0.39 is 6.10 Å². The highest BCUT2D eigenvalue weighted by atomic mass is 16.3. The molecule has 0 spiro atoms. The van der Waals surface area contributed by atoms with Gasteiger partial charge in [0.15, 0.2) is 5.78 Å². The zero-order chi connectivity index (χ0) is 11.0. The van der Waals surface area contributed by atoms with Gasteiger partial charge in [0.2, 0.25) is 0 Å². The SMILES string of the molecule is CC1(C)CCCCC(C)(C)C(O)C1=O. The van der Waals surface area contributed by atoms with Crippen molar-refractivity contribution in [3.8, 4) is 0 Å². The molecule has 1 N–H and O–H groups in total. The molecule has 1 unspecified atom stereocenters. The van der Waals surface area contributed by atoms with Crippen molar-refractivity contribution in [3.05, 3.63) is 0 Å². The summed E-state index contributed by atoms with van der Waals surface area (Å²) in [4.78, 5) is 12.0. The minimum absolute atomic E-state index is 0.0159. The van der Waals surface area contributed by atoms with Crippen molar-refractivity contribution in [2.24, 2.45) is 10.8 Å². The summed E-state index contributed by atoms with van der Waals surface area (Å²) in [6.07, 6.45) is 3.25. The van der Waals surface area contributed by atoms with Crippen molar-refractivity contribution >= 4 is 5.78 Å². The summed E-state index contributed by atoms with van der Waals surface area (Å²) in [7, 11) is 0. The van der Waals surface area contributed by atoms with Gasteiger partial charge in [0, 0.05) is 5.41 Å². The highest BCUT2D eigenvalue weighted by Crippen LogP contribution is 2.38.